The lowest BCUT2D eigenvalue weighted by Gasteiger charge is -2.12. The summed E-state index contributed by atoms with van der Waals surface area (Å²) in [6, 6.07) is 11.9. The molecule has 23 heavy (non-hydrogen) atoms. The number of rotatable bonds is 5. The van der Waals surface area contributed by atoms with Crippen molar-refractivity contribution in [2.75, 3.05) is 5.32 Å². The van der Waals surface area contributed by atoms with Crippen LogP contribution in [0.25, 0.3) is 5.69 Å². The average Bonchev–Trinajstić information content (AvgIpc) is 3.05. The monoisotopic (exact) mass is 308 g/mol. The number of benzene rings is 1. The van der Waals surface area contributed by atoms with E-state index in [0.29, 0.717) is 0 Å². The van der Waals surface area contributed by atoms with Gasteiger partial charge in [-0.2, -0.15) is 0 Å². The van der Waals surface area contributed by atoms with Crippen molar-refractivity contribution in [1.82, 2.24) is 25.0 Å². The van der Waals surface area contributed by atoms with Gasteiger partial charge < -0.3 is 5.32 Å². The van der Waals surface area contributed by atoms with Gasteiger partial charge in [-0.25, -0.2) is 14.6 Å². The Morgan fingerprint density at radius 1 is 1.17 bits per heavy atom. The molecule has 0 bridgehead atoms. The summed E-state index contributed by atoms with van der Waals surface area (Å²) in [7, 11) is 0. The minimum absolute atomic E-state index is 0.00599. The Balaban J connectivity index is 1.78. The lowest BCUT2D eigenvalue weighted by Crippen LogP contribution is -2.10. The molecule has 1 unspecified atom stereocenters. The molecule has 0 saturated heterocycles. The molecule has 0 aliphatic heterocycles. The van der Waals surface area contributed by atoms with Crippen LogP contribution in [0.5, 0.6) is 0 Å². The molecule has 0 amide bonds. The third kappa shape index (κ3) is 3.53. The van der Waals surface area contributed by atoms with Gasteiger partial charge >= 0.3 is 0 Å². The number of anilines is 1. The van der Waals surface area contributed by atoms with E-state index in [2.05, 4.69) is 32.5 Å². The quantitative estimate of drug-likeness (QED) is 0.784. The fourth-order valence-electron chi connectivity index (χ4n) is 2.36. The van der Waals surface area contributed by atoms with Crippen LogP contribution in [0.4, 0.5) is 5.82 Å². The van der Waals surface area contributed by atoms with Crippen molar-refractivity contribution in [3.63, 3.8) is 0 Å². The van der Waals surface area contributed by atoms with Gasteiger partial charge in [-0.05, 0) is 32.4 Å². The van der Waals surface area contributed by atoms with Gasteiger partial charge in [0.25, 0.3) is 0 Å². The maximum Gasteiger partial charge on any atom is 0.130 e. The molecule has 2 aromatic heterocycles. The molecule has 3 aromatic rings. The molecule has 0 saturated carbocycles. The molecule has 1 aromatic carbocycles. The van der Waals surface area contributed by atoms with Crippen molar-refractivity contribution in [3.8, 4) is 5.69 Å². The Hall–Kier alpha value is -2.76. The highest BCUT2D eigenvalue weighted by Crippen LogP contribution is 2.17. The minimum Gasteiger partial charge on any atom is -0.362 e. The maximum absolute atomic E-state index is 4.44. The molecule has 0 aliphatic carbocycles. The number of para-hydroxylation sites is 1. The molecule has 6 nitrogen and oxygen atoms in total. The smallest absolute Gasteiger partial charge is 0.130 e. The van der Waals surface area contributed by atoms with Crippen molar-refractivity contribution >= 4 is 5.82 Å². The first kappa shape index (κ1) is 15.1. The molecule has 3 rings (SSSR count). The molecule has 0 spiro atoms. The van der Waals surface area contributed by atoms with E-state index < -0.39 is 0 Å². The van der Waals surface area contributed by atoms with E-state index in [1.165, 1.54) is 0 Å². The van der Waals surface area contributed by atoms with E-state index >= 15 is 0 Å². The fraction of sp³-hybridized carbons (Fsp3) is 0.294. The second kappa shape index (κ2) is 6.56. The SMILES string of the molecule is CCc1cc(NC(C)c2cn(-c3ccccc3)nn2)nc(C)n1. The van der Waals surface area contributed by atoms with Crippen molar-refractivity contribution in [3.05, 3.63) is 59.8 Å². The predicted molar refractivity (Wildman–Crippen MR) is 89.5 cm³/mol. The first-order valence-corrected chi connectivity index (χ1v) is 7.74. The van der Waals surface area contributed by atoms with Crippen LogP contribution in [0.3, 0.4) is 0 Å². The molecule has 0 fully saturated rings. The summed E-state index contributed by atoms with van der Waals surface area (Å²) in [5, 5.41) is 11.8. The topological polar surface area (TPSA) is 68.5 Å². The predicted octanol–water partition coefficient (Wildman–Crippen LogP) is 3.10. The number of aryl methyl sites for hydroxylation is 2. The van der Waals surface area contributed by atoms with Gasteiger partial charge in [0.15, 0.2) is 0 Å². The normalized spacial score (nSPS) is 12.1. The Bertz CT molecular complexity index is 781. The van der Waals surface area contributed by atoms with Crippen LogP contribution in [0.15, 0.2) is 42.6 Å². The molecule has 118 valence electrons. The number of hydrogen-bond donors (Lipinski definition) is 1. The van der Waals surface area contributed by atoms with Gasteiger partial charge in [-0.3, -0.25) is 0 Å². The molecular formula is C17H20N6. The highest BCUT2D eigenvalue weighted by atomic mass is 15.4. The standard InChI is InChI=1S/C17H20N6/c1-4-14-10-17(20-13(3)19-14)18-12(2)16-11-23(22-21-16)15-8-6-5-7-9-15/h5-12H,4H2,1-3H3,(H,18,19,20). The highest BCUT2D eigenvalue weighted by Gasteiger charge is 2.12. The van der Waals surface area contributed by atoms with Crippen LogP contribution < -0.4 is 5.32 Å². The summed E-state index contributed by atoms with van der Waals surface area (Å²) in [6.45, 7) is 6.03. The Morgan fingerprint density at radius 3 is 2.70 bits per heavy atom. The van der Waals surface area contributed by atoms with Crippen LogP contribution in [0.1, 0.15) is 37.1 Å². The molecule has 2 heterocycles. The summed E-state index contributed by atoms with van der Waals surface area (Å²) in [5.74, 6) is 1.59. The second-order valence-electron chi connectivity index (χ2n) is 5.43. The van der Waals surface area contributed by atoms with Crippen LogP contribution in [0.2, 0.25) is 0 Å². The third-order valence-electron chi connectivity index (χ3n) is 3.59. The molecule has 0 aliphatic rings. The Labute approximate surface area is 135 Å². The zero-order chi connectivity index (χ0) is 16.2. The van der Waals surface area contributed by atoms with Crippen molar-refractivity contribution < 1.29 is 0 Å². The first-order chi connectivity index (χ1) is 11.2. The molecule has 6 heteroatoms. The fourth-order valence-corrected chi connectivity index (χ4v) is 2.36. The zero-order valence-corrected chi connectivity index (χ0v) is 13.6. The van der Waals surface area contributed by atoms with Crippen LogP contribution in [-0.2, 0) is 6.42 Å². The first-order valence-electron chi connectivity index (χ1n) is 7.74. The van der Waals surface area contributed by atoms with E-state index in [0.717, 1.165) is 35.1 Å². The summed E-state index contributed by atoms with van der Waals surface area (Å²) in [6.07, 6.45) is 2.82. The van der Waals surface area contributed by atoms with E-state index in [1.807, 2.05) is 56.4 Å². The lowest BCUT2D eigenvalue weighted by atomic mass is 10.2. The molecule has 0 radical (unpaired) electrons. The van der Waals surface area contributed by atoms with E-state index in [9.17, 15) is 0 Å². The average molecular weight is 308 g/mol. The van der Waals surface area contributed by atoms with Crippen LogP contribution in [-0.4, -0.2) is 25.0 Å². The number of nitrogens with one attached hydrogen (secondary N) is 1. The van der Waals surface area contributed by atoms with Gasteiger partial charge in [0, 0.05) is 11.8 Å². The van der Waals surface area contributed by atoms with Crippen LogP contribution in [0, 0.1) is 6.92 Å². The van der Waals surface area contributed by atoms with Crippen molar-refractivity contribution in [2.24, 2.45) is 0 Å². The molecule has 1 atom stereocenters. The zero-order valence-electron chi connectivity index (χ0n) is 13.6. The van der Waals surface area contributed by atoms with Gasteiger partial charge in [0.2, 0.25) is 0 Å². The summed E-state index contributed by atoms with van der Waals surface area (Å²) in [5.41, 5.74) is 2.88. The number of aromatic nitrogens is 5. The summed E-state index contributed by atoms with van der Waals surface area (Å²) >= 11 is 0. The summed E-state index contributed by atoms with van der Waals surface area (Å²) < 4.78 is 1.77. The van der Waals surface area contributed by atoms with E-state index in [4.69, 9.17) is 0 Å². The Morgan fingerprint density at radius 2 is 1.96 bits per heavy atom. The molecular weight excluding hydrogens is 288 g/mol. The number of nitrogens with zero attached hydrogens (tertiary/aromatic N) is 5. The Kier molecular flexibility index (Phi) is 4.32. The lowest BCUT2D eigenvalue weighted by molar-refractivity contribution is 0.778. The van der Waals surface area contributed by atoms with Crippen LogP contribution >= 0.6 is 0 Å². The molecule has 1 N–H and O–H groups in total. The maximum atomic E-state index is 4.44. The van der Waals surface area contributed by atoms with E-state index in [1.54, 1.807) is 4.68 Å². The highest BCUT2D eigenvalue weighted by molar-refractivity contribution is 5.38. The second-order valence-corrected chi connectivity index (χ2v) is 5.43. The summed E-state index contributed by atoms with van der Waals surface area (Å²) in [4.78, 5) is 8.83. The van der Waals surface area contributed by atoms with Gasteiger partial charge in [-0.1, -0.05) is 30.3 Å². The largest absolute Gasteiger partial charge is 0.362 e. The van der Waals surface area contributed by atoms with Gasteiger partial charge in [-0.15, -0.1) is 5.10 Å². The van der Waals surface area contributed by atoms with Gasteiger partial charge in [0.05, 0.1) is 17.9 Å². The van der Waals surface area contributed by atoms with E-state index in [-0.39, 0.29) is 6.04 Å². The number of hydrogen-bond acceptors (Lipinski definition) is 5. The minimum atomic E-state index is 0.00599. The third-order valence-corrected chi connectivity index (χ3v) is 3.59. The van der Waals surface area contributed by atoms with Crippen molar-refractivity contribution in [2.45, 2.75) is 33.2 Å². The van der Waals surface area contributed by atoms with Crippen molar-refractivity contribution in [1.29, 1.82) is 0 Å². The van der Waals surface area contributed by atoms with Gasteiger partial charge in [0.1, 0.15) is 17.3 Å².